The van der Waals surface area contributed by atoms with Gasteiger partial charge in [-0.1, -0.05) is 11.6 Å². The van der Waals surface area contributed by atoms with Crippen LogP contribution in [0.1, 0.15) is 18.7 Å². The van der Waals surface area contributed by atoms with Gasteiger partial charge in [-0.05, 0) is 43.3 Å². The van der Waals surface area contributed by atoms with Crippen LogP contribution < -0.4 is 10.6 Å². The second-order valence-electron chi connectivity index (χ2n) is 5.27. The van der Waals surface area contributed by atoms with Gasteiger partial charge >= 0.3 is 12.0 Å². The molecule has 7 heteroatoms. The van der Waals surface area contributed by atoms with Crippen LogP contribution in [0.5, 0.6) is 0 Å². The van der Waals surface area contributed by atoms with Crippen molar-refractivity contribution in [3.63, 3.8) is 0 Å². The van der Waals surface area contributed by atoms with E-state index in [1.807, 2.05) is 12.1 Å². The Morgan fingerprint density at radius 3 is 2.58 bits per heavy atom. The molecule has 0 spiro atoms. The maximum absolute atomic E-state index is 12.1. The van der Waals surface area contributed by atoms with E-state index in [0.717, 1.165) is 5.56 Å². The van der Waals surface area contributed by atoms with E-state index < -0.39 is 18.0 Å². The van der Waals surface area contributed by atoms with Gasteiger partial charge in [0.25, 0.3) is 0 Å². The van der Waals surface area contributed by atoms with Crippen molar-refractivity contribution in [1.82, 2.24) is 10.6 Å². The highest BCUT2D eigenvalue weighted by Crippen LogP contribution is 2.32. The van der Waals surface area contributed by atoms with Crippen LogP contribution in [0, 0.1) is 0 Å². The second-order valence-corrected chi connectivity index (χ2v) is 5.71. The molecule has 2 heterocycles. The summed E-state index contributed by atoms with van der Waals surface area (Å²) in [6.45, 7) is 1.64. The van der Waals surface area contributed by atoms with Crippen LogP contribution in [-0.4, -0.2) is 19.1 Å². The Morgan fingerprint density at radius 1 is 1.21 bits per heavy atom. The van der Waals surface area contributed by atoms with E-state index in [-0.39, 0.29) is 0 Å². The Hall–Kier alpha value is -2.73. The van der Waals surface area contributed by atoms with Crippen LogP contribution in [-0.2, 0) is 9.53 Å². The van der Waals surface area contributed by atoms with E-state index in [1.54, 1.807) is 31.2 Å². The van der Waals surface area contributed by atoms with Gasteiger partial charge in [-0.15, -0.1) is 0 Å². The van der Waals surface area contributed by atoms with Crippen LogP contribution in [0.15, 0.2) is 52.1 Å². The highest BCUT2D eigenvalue weighted by atomic mass is 35.5. The zero-order valence-electron chi connectivity index (χ0n) is 13.1. The minimum Gasteiger partial charge on any atom is -0.466 e. The molecule has 6 nitrogen and oxygen atoms in total. The zero-order valence-corrected chi connectivity index (χ0v) is 13.8. The molecule has 1 aliphatic heterocycles. The summed E-state index contributed by atoms with van der Waals surface area (Å²) < 4.78 is 10.7. The van der Waals surface area contributed by atoms with Gasteiger partial charge in [-0.2, -0.15) is 0 Å². The standard InChI is InChI=1S/C17H15ClN2O4/c1-9-14(16(21)23-2)15(20-17(22)19-9)13-8-7-12(24-13)10-3-5-11(18)6-4-10/h3-8,15H,1-2H3,(H2,19,20,22)/t15-/m1/s1. The predicted molar refractivity (Wildman–Crippen MR) is 88.3 cm³/mol. The van der Waals surface area contributed by atoms with Gasteiger partial charge < -0.3 is 19.8 Å². The molecule has 0 saturated heterocycles. The fourth-order valence-corrected chi connectivity index (χ4v) is 2.69. The summed E-state index contributed by atoms with van der Waals surface area (Å²) in [7, 11) is 1.29. The van der Waals surface area contributed by atoms with Crippen molar-refractivity contribution in [3.05, 3.63) is 58.5 Å². The fourth-order valence-electron chi connectivity index (χ4n) is 2.57. The third kappa shape index (κ3) is 3.00. The average Bonchev–Trinajstić information content (AvgIpc) is 3.04. The number of furan rings is 1. The van der Waals surface area contributed by atoms with E-state index in [1.165, 1.54) is 7.11 Å². The highest BCUT2D eigenvalue weighted by molar-refractivity contribution is 6.30. The molecule has 0 aliphatic carbocycles. The summed E-state index contributed by atoms with van der Waals surface area (Å²) in [5, 5.41) is 5.87. The lowest BCUT2D eigenvalue weighted by Gasteiger charge is -2.26. The predicted octanol–water partition coefficient (Wildman–Crippen LogP) is 3.40. The smallest absolute Gasteiger partial charge is 0.338 e. The molecule has 1 aromatic heterocycles. The molecule has 0 fully saturated rings. The normalized spacial score (nSPS) is 17.3. The molecule has 3 rings (SSSR count). The van der Waals surface area contributed by atoms with Crippen LogP contribution in [0.3, 0.4) is 0 Å². The molecule has 0 unspecified atom stereocenters. The molecule has 2 N–H and O–H groups in total. The number of carbonyl (C=O) groups excluding carboxylic acids is 2. The number of nitrogens with one attached hydrogen (secondary N) is 2. The Kier molecular flexibility index (Phi) is 4.31. The van der Waals surface area contributed by atoms with Crippen molar-refractivity contribution >= 4 is 23.6 Å². The Balaban J connectivity index is 1.98. The molecule has 0 bridgehead atoms. The number of hydrogen-bond donors (Lipinski definition) is 2. The Labute approximate surface area is 143 Å². The number of amides is 2. The van der Waals surface area contributed by atoms with Crippen molar-refractivity contribution in [2.45, 2.75) is 13.0 Å². The fraction of sp³-hybridized carbons (Fsp3) is 0.176. The maximum atomic E-state index is 12.1. The van der Waals surface area contributed by atoms with Crippen molar-refractivity contribution in [1.29, 1.82) is 0 Å². The first kappa shape index (κ1) is 16.1. The lowest BCUT2D eigenvalue weighted by molar-refractivity contribution is -0.136. The third-order valence-corrected chi connectivity index (χ3v) is 3.97. The first-order valence-corrected chi connectivity index (χ1v) is 7.59. The zero-order chi connectivity index (χ0) is 17.3. The summed E-state index contributed by atoms with van der Waals surface area (Å²) in [6.07, 6.45) is 0. The molecule has 2 amide bonds. The van der Waals surface area contributed by atoms with Crippen molar-refractivity contribution in [2.24, 2.45) is 0 Å². The summed E-state index contributed by atoms with van der Waals surface area (Å²) in [6, 6.07) is 9.54. The van der Waals surface area contributed by atoms with Gasteiger partial charge in [0.05, 0.1) is 12.7 Å². The van der Waals surface area contributed by atoms with Gasteiger partial charge in [0, 0.05) is 16.3 Å². The van der Waals surface area contributed by atoms with E-state index >= 15 is 0 Å². The van der Waals surface area contributed by atoms with Crippen LogP contribution in [0.4, 0.5) is 4.79 Å². The Morgan fingerprint density at radius 2 is 1.92 bits per heavy atom. The number of urea groups is 1. The molecule has 1 aliphatic rings. The van der Waals surface area contributed by atoms with Crippen molar-refractivity contribution < 1.29 is 18.7 Å². The number of methoxy groups -OCH3 is 1. The van der Waals surface area contributed by atoms with E-state index in [4.69, 9.17) is 20.8 Å². The van der Waals surface area contributed by atoms with Crippen molar-refractivity contribution in [2.75, 3.05) is 7.11 Å². The summed E-state index contributed by atoms with van der Waals surface area (Å²) >= 11 is 5.89. The number of esters is 1. The van der Waals surface area contributed by atoms with Crippen LogP contribution >= 0.6 is 11.6 Å². The molecule has 1 aromatic carbocycles. The van der Waals surface area contributed by atoms with Crippen LogP contribution in [0.25, 0.3) is 11.3 Å². The molecular weight excluding hydrogens is 332 g/mol. The van der Waals surface area contributed by atoms with Gasteiger partial charge in [-0.25, -0.2) is 9.59 Å². The summed E-state index contributed by atoms with van der Waals surface area (Å²) in [4.78, 5) is 23.8. The number of allylic oxidation sites excluding steroid dienone is 1. The van der Waals surface area contributed by atoms with Gasteiger partial charge in [-0.3, -0.25) is 0 Å². The lowest BCUT2D eigenvalue weighted by Crippen LogP contribution is -2.45. The van der Waals surface area contributed by atoms with E-state index in [2.05, 4.69) is 10.6 Å². The first-order chi connectivity index (χ1) is 11.5. The molecule has 0 radical (unpaired) electrons. The quantitative estimate of drug-likeness (QED) is 0.835. The number of halogens is 1. The molecule has 24 heavy (non-hydrogen) atoms. The number of benzene rings is 1. The monoisotopic (exact) mass is 346 g/mol. The minimum absolute atomic E-state index is 0.300. The second kappa shape index (κ2) is 6.41. The molecule has 0 saturated carbocycles. The van der Waals surface area contributed by atoms with Gasteiger partial charge in [0.2, 0.25) is 0 Å². The largest absolute Gasteiger partial charge is 0.466 e. The first-order valence-electron chi connectivity index (χ1n) is 7.22. The number of carbonyl (C=O) groups is 2. The number of rotatable bonds is 3. The summed E-state index contributed by atoms with van der Waals surface area (Å²) in [5.41, 5.74) is 1.57. The van der Waals surface area contributed by atoms with Crippen molar-refractivity contribution in [3.8, 4) is 11.3 Å². The molecular formula is C17H15ClN2O4. The number of ether oxygens (including phenoxy) is 1. The number of hydrogen-bond acceptors (Lipinski definition) is 4. The van der Waals surface area contributed by atoms with Gasteiger partial charge in [0.1, 0.15) is 17.6 Å². The summed E-state index contributed by atoms with van der Waals surface area (Å²) in [5.74, 6) is 0.514. The minimum atomic E-state index is -0.716. The third-order valence-electron chi connectivity index (χ3n) is 3.71. The Bertz CT molecular complexity index is 823. The maximum Gasteiger partial charge on any atom is 0.338 e. The highest BCUT2D eigenvalue weighted by Gasteiger charge is 2.33. The SMILES string of the molecule is COC(=O)C1=C(C)NC(=O)N[C@@H]1c1ccc(-c2ccc(Cl)cc2)o1. The lowest BCUT2D eigenvalue weighted by atomic mass is 10.0. The van der Waals surface area contributed by atoms with E-state index in [0.29, 0.717) is 27.8 Å². The molecule has 124 valence electrons. The van der Waals surface area contributed by atoms with E-state index in [9.17, 15) is 9.59 Å². The molecule has 1 atom stereocenters. The molecule has 2 aromatic rings. The average molecular weight is 347 g/mol. The topological polar surface area (TPSA) is 80.6 Å². The van der Waals surface area contributed by atoms with Gasteiger partial charge in [0.15, 0.2) is 0 Å². The van der Waals surface area contributed by atoms with Crippen LogP contribution in [0.2, 0.25) is 5.02 Å².